The van der Waals surface area contributed by atoms with Crippen LogP contribution in [0.5, 0.6) is 0 Å². The number of nitrogens with one attached hydrogen (secondary N) is 1. The summed E-state index contributed by atoms with van der Waals surface area (Å²) in [7, 11) is 1.70. The van der Waals surface area contributed by atoms with Gasteiger partial charge in [-0.15, -0.1) is 0 Å². The molecule has 0 saturated carbocycles. The predicted octanol–water partition coefficient (Wildman–Crippen LogP) is 2.37. The van der Waals surface area contributed by atoms with Crippen LogP contribution in [0.15, 0.2) is 16.6 Å². The van der Waals surface area contributed by atoms with Crippen molar-refractivity contribution in [1.82, 2.24) is 4.90 Å². The molecule has 6 heteroatoms. The molecular weight excluding hydrogens is 294 g/mol. The maximum Gasteiger partial charge on any atom is 0.244 e. The molecular formula is C11H11BrF2N2O. The minimum Gasteiger partial charge on any atom is -0.371 e. The zero-order chi connectivity index (χ0) is 12.6. The van der Waals surface area contributed by atoms with Gasteiger partial charge in [0.2, 0.25) is 5.91 Å². The van der Waals surface area contributed by atoms with Crippen molar-refractivity contribution in [3.05, 3.63) is 28.2 Å². The van der Waals surface area contributed by atoms with Crippen LogP contribution in [-0.4, -0.2) is 30.4 Å². The third kappa shape index (κ3) is 2.41. The monoisotopic (exact) mass is 304 g/mol. The van der Waals surface area contributed by atoms with E-state index in [0.717, 1.165) is 6.07 Å². The van der Waals surface area contributed by atoms with Crippen LogP contribution < -0.4 is 5.32 Å². The van der Waals surface area contributed by atoms with Crippen molar-refractivity contribution in [2.24, 2.45) is 0 Å². The first-order valence-corrected chi connectivity index (χ1v) is 5.94. The van der Waals surface area contributed by atoms with Crippen molar-refractivity contribution >= 4 is 27.5 Å². The summed E-state index contributed by atoms with van der Waals surface area (Å²) in [6, 6.07) is 1.65. The second-order valence-electron chi connectivity index (χ2n) is 3.99. The van der Waals surface area contributed by atoms with E-state index >= 15 is 0 Å². The van der Waals surface area contributed by atoms with Gasteiger partial charge in [0, 0.05) is 19.7 Å². The van der Waals surface area contributed by atoms with E-state index in [1.165, 1.54) is 6.07 Å². The highest BCUT2D eigenvalue weighted by Crippen LogP contribution is 2.25. The molecule has 0 aliphatic carbocycles. The summed E-state index contributed by atoms with van der Waals surface area (Å²) in [6.07, 6.45) is 0.615. The Morgan fingerprint density at radius 3 is 2.71 bits per heavy atom. The molecule has 0 aromatic heterocycles. The standard InChI is InChI=1S/C11H11BrF2N2O/c1-16-3-2-9(11(16)17)15-10-4-6(12)7(13)5-8(10)14/h4-5,9,15H,2-3H2,1H3. The van der Waals surface area contributed by atoms with Gasteiger partial charge < -0.3 is 10.2 Å². The zero-order valence-electron chi connectivity index (χ0n) is 9.14. The van der Waals surface area contributed by atoms with Gasteiger partial charge >= 0.3 is 0 Å². The fourth-order valence-electron chi connectivity index (χ4n) is 1.78. The number of likely N-dealkylation sites (N-methyl/N-ethyl adjacent to an activating group) is 1. The van der Waals surface area contributed by atoms with Crippen LogP contribution in [0.4, 0.5) is 14.5 Å². The molecule has 1 amide bonds. The molecule has 3 nitrogen and oxygen atoms in total. The summed E-state index contributed by atoms with van der Waals surface area (Å²) in [5, 5.41) is 2.79. The van der Waals surface area contributed by atoms with Crippen molar-refractivity contribution in [3.8, 4) is 0 Å². The highest BCUT2D eigenvalue weighted by atomic mass is 79.9. The van der Waals surface area contributed by atoms with Crippen molar-refractivity contribution in [3.63, 3.8) is 0 Å². The Morgan fingerprint density at radius 1 is 1.41 bits per heavy atom. The number of likely N-dealkylation sites (tertiary alicyclic amines) is 1. The average Bonchev–Trinajstić information content (AvgIpc) is 2.58. The lowest BCUT2D eigenvalue weighted by molar-refractivity contribution is -0.127. The molecule has 2 rings (SSSR count). The van der Waals surface area contributed by atoms with Crippen LogP contribution in [0, 0.1) is 11.6 Å². The van der Waals surface area contributed by atoms with E-state index in [4.69, 9.17) is 0 Å². The van der Waals surface area contributed by atoms with Crippen molar-refractivity contribution in [2.75, 3.05) is 18.9 Å². The Labute approximate surface area is 106 Å². The second kappa shape index (κ2) is 4.60. The molecule has 0 bridgehead atoms. The smallest absolute Gasteiger partial charge is 0.244 e. The summed E-state index contributed by atoms with van der Waals surface area (Å²) >= 11 is 2.98. The summed E-state index contributed by atoms with van der Waals surface area (Å²) < 4.78 is 26.6. The number of amides is 1. The van der Waals surface area contributed by atoms with Gasteiger partial charge in [0.25, 0.3) is 0 Å². The maximum absolute atomic E-state index is 13.5. The van der Waals surface area contributed by atoms with Gasteiger partial charge in [0.15, 0.2) is 0 Å². The summed E-state index contributed by atoms with van der Waals surface area (Å²) in [6.45, 7) is 0.639. The van der Waals surface area contributed by atoms with Crippen molar-refractivity contribution in [2.45, 2.75) is 12.5 Å². The van der Waals surface area contributed by atoms with Crippen LogP contribution in [0.2, 0.25) is 0 Å². The maximum atomic E-state index is 13.5. The van der Waals surface area contributed by atoms with E-state index in [9.17, 15) is 13.6 Å². The van der Waals surface area contributed by atoms with E-state index in [-0.39, 0.29) is 16.1 Å². The minimum absolute atomic E-state index is 0.0788. The third-order valence-corrected chi connectivity index (χ3v) is 3.37. The normalized spacial score (nSPS) is 19.9. The number of rotatable bonds is 2. The average molecular weight is 305 g/mol. The number of hydrogen-bond donors (Lipinski definition) is 1. The molecule has 1 unspecified atom stereocenters. The number of carbonyl (C=O) groups is 1. The van der Waals surface area contributed by atoms with Crippen LogP contribution in [0.1, 0.15) is 6.42 Å². The van der Waals surface area contributed by atoms with Gasteiger partial charge in [-0.05, 0) is 28.4 Å². The first kappa shape index (κ1) is 12.3. The summed E-state index contributed by atoms with van der Waals surface area (Å²) in [4.78, 5) is 13.2. The molecule has 92 valence electrons. The molecule has 1 fully saturated rings. The lowest BCUT2D eigenvalue weighted by Gasteiger charge is -2.14. The van der Waals surface area contributed by atoms with Crippen molar-refractivity contribution < 1.29 is 13.6 Å². The van der Waals surface area contributed by atoms with Gasteiger partial charge in [-0.2, -0.15) is 0 Å². The molecule has 1 heterocycles. The van der Waals surface area contributed by atoms with Crippen LogP contribution >= 0.6 is 15.9 Å². The minimum atomic E-state index is -0.701. The van der Waals surface area contributed by atoms with Gasteiger partial charge in [-0.1, -0.05) is 0 Å². The number of halogens is 3. The zero-order valence-corrected chi connectivity index (χ0v) is 10.7. The van der Waals surface area contributed by atoms with E-state index in [2.05, 4.69) is 21.2 Å². The van der Waals surface area contributed by atoms with Crippen LogP contribution in [-0.2, 0) is 4.79 Å². The quantitative estimate of drug-likeness (QED) is 0.851. The number of nitrogens with zero attached hydrogens (tertiary/aromatic N) is 1. The Hall–Kier alpha value is -1.17. The van der Waals surface area contributed by atoms with E-state index < -0.39 is 17.7 Å². The van der Waals surface area contributed by atoms with E-state index in [1.54, 1.807) is 11.9 Å². The molecule has 0 spiro atoms. The molecule has 1 saturated heterocycles. The Balaban J connectivity index is 2.19. The topological polar surface area (TPSA) is 32.3 Å². The largest absolute Gasteiger partial charge is 0.371 e. The third-order valence-electron chi connectivity index (χ3n) is 2.77. The molecule has 1 aromatic carbocycles. The Bertz CT molecular complexity index is 467. The van der Waals surface area contributed by atoms with E-state index in [0.29, 0.717) is 13.0 Å². The molecule has 1 aromatic rings. The molecule has 1 atom stereocenters. The van der Waals surface area contributed by atoms with Gasteiger partial charge in [-0.25, -0.2) is 8.78 Å². The molecule has 1 N–H and O–H groups in total. The highest BCUT2D eigenvalue weighted by molar-refractivity contribution is 9.10. The van der Waals surface area contributed by atoms with Crippen LogP contribution in [0.25, 0.3) is 0 Å². The first-order valence-electron chi connectivity index (χ1n) is 5.15. The fraction of sp³-hybridized carbons (Fsp3) is 0.364. The Kier molecular flexibility index (Phi) is 3.33. The van der Waals surface area contributed by atoms with Gasteiger partial charge in [0.1, 0.15) is 17.7 Å². The van der Waals surface area contributed by atoms with Crippen LogP contribution in [0.3, 0.4) is 0 Å². The summed E-state index contributed by atoms with van der Waals surface area (Å²) in [5.74, 6) is -1.44. The number of anilines is 1. The fourth-order valence-corrected chi connectivity index (χ4v) is 2.12. The highest BCUT2D eigenvalue weighted by Gasteiger charge is 2.29. The SMILES string of the molecule is CN1CCC(Nc2cc(Br)c(F)cc2F)C1=O. The van der Waals surface area contributed by atoms with Gasteiger partial charge in [0.05, 0.1) is 10.2 Å². The number of carbonyl (C=O) groups excluding carboxylic acids is 1. The molecule has 17 heavy (non-hydrogen) atoms. The number of hydrogen-bond acceptors (Lipinski definition) is 2. The van der Waals surface area contributed by atoms with E-state index in [1.807, 2.05) is 0 Å². The first-order chi connectivity index (χ1) is 7.99. The predicted molar refractivity (Wildman–Crippen MR) is 63.7 cm³/mol. The number of benzene rings is 1. The van der Waals surface area contributed by atoms with Gasteiger partial charge in [-0.3, -0.25) is 4.79 Å². The lowest BCUT2D eigenvalue weighted by atomic mass is 10.2. The second-order valence-corrected chi connectivity index (χ2v) is 4.85. The molecule has 1 aliphatic rings. The van der Waals surface area contributed by atoms with Crippen molar-refractivity contribution in [1.29, 1.82) is 0 Å². The summed E-state index contributed by atoms with van der Waals surface area (Å²) in [5.41, 5.74) is 0.131. The molecule has 0 radical (unpaired) electrons. The lowest BCUT2D eigenvalue weighted by Crippen LogP contribution is -2.31. The molecule has 1 aliphatic heterocycles. The Morgan fingerprint density at radius 2 is 2.12 bits per heavy atom.